The van der Waals surface area contributed by atoms with Crippen LogP contribution >= 0.6 is 11.6 Å². The zero-order valence-electron chi connectivity index (χ0n) is 10.8. The van der Waals surface area contributed by atoms with Gasteiger partial charge in [0.15, 0.2) is 0 Å². The molecule has 19 heavy (non-hydrogen) atoms. The van der Waals surface area contributed by atoms with E-state index in [4.69, 9.17) is 11.6 Å². The summed E-state index contributed by atoms with van der Waals surface area (Å²) in [5.74, 6) is -0.183. The fourth-order valence-corrected chi connectivity index (χ4v) is 2.35. The van der Waals surface area contributed by atoms with Crippen molar-refractivity contribution >= 4 is 23.4 Å². The number of piperidine rings is 1. The van der Waals surface area contributed by atoms with E-state index in [0.29, 0.717) is 24.4 Å². The maximum Gasteiger partial charge on any atom is 0.242 e. The van der Waals surface area contributed by atoms with Gasteiger partial charge in [-0.2, -0.15) is 0 Å². The average molecular weight is 281 g/mol. The molecule has 4 nitrogen and oxygen atoms in total. The molecule has 0 saturated carbocycles. The second-order valence-corrected chi connectivity index (χ2v) is 5.16. The first-order valence-electron chi connectivity index (χ1n) is 6.39. The lowest BCUT2D eigenvalue weighted by Gasteiger charge is -2.22. The van der Waals surface area contributed by atoms with Crippen LogP contribution < -0.4 is 10.6 Å². The van der Waals surface area contributed by atoms with Gasteiger partial charge in [-0.3, -0.25) is 9.59 Å². The van der Waals surface area contributed by atoms with E-state index in [9.17, 15) is 9.59 Å². The van der Waals surface area contributed by atoms with Gasteiger partial charge in [0.1, 0.15) is 6.04 Å². The van der Waals surface area contributed by atoms with Crippen molar-refractivity contribution in [3.63, 3.8) is 0 Å². The Morgan fingerprint density at radius 2 is 2.32 bits per heavy atom. The van der Waals surface area contributed by atoms with Gasteiger partial charge in [0.2, 0.25) is 11.8 Å². The Balaban J connectivity index is 1.93. The van der Waals surface area contributed by atoms with Crippen LogP contribution in [0.25, 0.3) is 0 Å². The molecule has 1 fully saturated rings. The van der Waals surface area contributed by atoms with Crippen LogP contribution in [-0.2, 0) is 16.1 Å². The highest BCUT2D eigenvalue weighted by Crippen LogP contribution is 2.18. The molecule has 1 heterocycles. The molecule has 0 spiro atoms. The van der Waals surface area contributed by atoms with E-state index in [-0.39, 0.29) is 11.8 Å². The third-order valence-corrected chi connectivity index (χ3v) is 3.79. The highest BCUT2D eigenvalue weighted by Gasteiger charge is 2.24. The minimum absolute atomic E-state index is 0.0506. The Morgan fingerprint density at radius 1 is 1.53 bits per heavy atom. The number of halogens is 1. The van der Waals surface area contributed by atoms with E-state index in [0.717, 1.165) is 17.5 Å². The average Bonchev–Trinajstić information content (AvgIpc) is 2.40. The lowest BCUT2D eigenvalue weighted by Crippen LogP contribution is -2.48. The first-order valence-corrected chi connectivity index (χ1v) is 6.77. The monoisotopic (exact) mass is 280 g/mol. The Bertz CT molecular complexity index is 502. The van der Waals surface area contributed by atoms with E-state index in [1.807, 2.05) is 25.1 Å². The summed E-state index contributed by atoms with van der Waals surface area (Å²) in [5, 5.41) is 6.24. The smallest absolute Gasteiger partial charge is 0.242 e. The zero-order chi connectivity index (χ0) is 13.8. The number of hydrogen-bond acceptors (Lipinski definition) is 2. The SMILES string of the molecule is Cc1c(Cl)cccc1CNC(=O)[C@H]1CCCC(=O)N1. The van der Waals surface area contributed by atoms with E-state index < -0.39 is 6.04 Å². The highest BCUT2D eigenvalue weighted by molar-refractivity contribution is 6.31. The van der Waals surface area contributed by atoms with Crippen molar-refractivity contribution in [1.82, 2.24) is 10.6 Å². The summed E-state index contributed by atoms with van der Waals surface area (Å²) in [6.45, 7) is 2.35. The number of benzene rings is 1. The third kappa shape index (κ3) is 3.47. The molecule has 1 atom stereocenters. The number of nitrogens with one attached hydrogen (secondary N) is 2. The standard InChI is InChI=1S/C14H17ClN2O2/c1-9-10(4-2-5-11(9)15)8-16-14(19)12-6-3-7-13(18)17-12/h2,4-5,12H,3,6-8H2,1H3,(H,16,19)(H,17,18)/t12-/m1/s1. The van der Waals surface area contributed by atoms with Crippen LogP contribution in [0.4, 0.5) is 0 Å². The summed E-state index contributed by atoms with van der Waals surface area (Å²) in [7, 11) is 0. The van der Waals surface area contributed by atoms with Crippen LogP contribution in [0.1, 0.15) is 30.4 Å². The maximum atomic E-state index is 12.0. The van der Waals surface area contributed by atoms with Crippen LogP contribution in [0.3, 0.4) is 0 Å². The first kappa shape index (κ1) is 13.9. The lowest BCUT2D eigenvalue weighted by molar-refractivity contribution is -0.131. The van der Waals surface area contributed by atoms with Gasteiger partial charge in [-0.05, 0) is 37.0 Å². The summed E-state index contributed by atoms with van der Waals surface area (Å²) in [4.78, 5) is 23.2. The lowest BCUT2D eigenvalue weighted by atomic mass is 10.0. The Labute approximate surface area is 117 Å². The number of carbonyl (C=O) groups is 2. The van der Waals surface area contributed by atoms with E-state index >= 15 is 0 Å². The van der Waals surface area contributed by atoms with Crippen molar-refractivity contribution in [1.29, 1.82) is 0 Å². The van der Waals surface area contributed by atoms with E-state index in [2.05, 4.69) is 10.6 Å². The molecule has 1 saturated heterocycles. The van der Waals surface area contributed by atoms with Gasteiger partial charge in [-0.1, -0.05) is 23.7 Å². The molecular weight excluding hydrogens is 264 g/mol. The third-order valence-electron chi connectivity index (χ3n) is 3.38. The number of hydrogen-bond donors (Lipinski definition) is 2. The maximum absolute atomic E-state index is 12.0. The highest BCUT2D eigenvalue weighted by atomic mass is 35.5. The van der Waals surface area contributed by atoms with Crippen LogP contribution in [0.15, 0.2) is 18.2 Å². The minimum Gasteiger partial charge on any atom is -0.350 e. The first-order chi connectivity index (χ1) is 9.08. The quantitative estimate of drug-likeness (QED) is 0.889. The Hall–Kier alpha value is -1.55. The Kier molecular flexibility index (Phi) is 4.43. The summed E-state index contributed by atoms with van der Waals surface area (Å²) in [5.41, 5.74) is 1.96. The van der Waals surface area contributed by atoms with Gasteiger partial charge in [0, 0.05) is 18.0 Å². The molecule has 0 aromatic heterocycles. The summed E-state index contributed by atoms with van der Waals surface area (Å²) in [6, 6.07) is 5.21. The number of amides is 2. The van der Waals surface area contributed by atoms with Crippen LogP contribution in [0, 0.1) is 6.92 Å². The molecule has 0 aliphatic carbocycles. The van der Waals surface area contributed by atoms with Crippen molar-refractivity contribution in [2.24, 2.45) is 0 Å². The number of carbonyl (C=O) groups excluding carboxylic acids is 2. The number of rotatable bonds is 3. The fraction of sp³-hybridized carbons (Fsp3) is 0.429. The molecule has 2 rings (SSSR count). The van der Waals surface area contributed by atoms with Crippen molar-refractivity contribution in [2.75, 3.05) is 0 Å². The molecule has 0 unspecified atom stereocenters. The van der Waals surface area contributed by atoms with Crippen molar-refractivity contribution < 1.29 is 9.59 Å². The fourth-order valence-electron chi connectivity index (χ4n) is 2.15. The van der Waals surface area contributed by atoms with Gasteiger partial charge in [0.05, 0.1) is 0 Å². The Morgan fingerprint density at radius 3 is 3.05 bits per heavy atom. The second kappa shape index (κ2) is 6.06. The zero-order valence-corrected chi connectivity index (χ0v) is 11.6. The van der Waals surface area contributed by atoms with Gasteiger partial charge >= 0.3 is 0 Å². The molecule has 1 aromatic carbocycles. The minimum atomic E-state index is -0.402. The molecule has 1 aliphatic rings. The van der Waals surface area contributed by atoms with E-state index in [1.54, 1.807) is 0 Å². The predicted molar refractivity (Wildman–Crippen MR) is 73.8 cm³/mol. The largest absolute Gasteiger partial charge is 0.350 e. The van der Waals surface area contributed by atoms with Gasteiger partial charge < -0.3 is 10.6 Å². The molecule has 102 valence electrons. The van der Waals surface area contributed by atoms with Crippen LogP contribution in [0.2, 0.25) is 5.02 Å². The topological polar surface area (TPSA) is 58.2 Å². The molecule has 1 aromatic rings. The van der Waals surface area contributed by atoms with Gasteiger partial charge in [0.25, 0.3) is 0 Å². The molecule has 0 radical (unpaired) electrons. The van der Waals surface area contributed by atoms with Crippen molar-refractivity contribution in [3.8, 4) is 0 Å². The van der Waals surface area contributed by atoms with Crippen molar-refractivity contribution in [3.05, 3.63) is 34.3 Å². The van der Waals surface area contributed by atoms with Crippen LogP contribution in [0.5, 0.6) is 0 Å². The molecule has 0 bridgehead atoms. The molecular formula is C14H17ClN2O2. The van der Waals surface area contributed by atoms with E-state index in [1.165, 1.54) is 0 Å². The van der Waals surface area contributed by atoms with Crippen LogP contribution in [-0.4, -0.2) is 17.9 Å². The van der Waals surface area contributed by atoms with Crippen molar-refractivity contribution in [2.45, 2.75) is 38.8 Å². The normalized spacial score (nSPS) is 18.8. The van der Waals surface area contributed by atoms with Gasteiger partial charge in [-0.15, -0.1) is 0 Å². The van der Waals surface area contributed by atoms with Gasteiger partial charge in [-0.25, -0.2) is 0 Å². The molecule has 1 aliphatic heterocycles. The summed E-state index contributed by atoms with van der Waals surface area (Å²) in [6.07, 6.45) is 1.98. The summed E-state index contributed by atoms with van der Waals surface area (Å²) < 4.78 is 0. The molecule has 2 amide bonds. The summed E-state index contributed by atoms with van der Waals surface area (Å²) >= 11 is 6.03. The molecule has 5 heteroatoms. The second-order valence-electron chi connectivity index (χ2n) is 4.75. The predicted octanol–water partition coefficient (Wildman–Crippen LogP) is 1.93. The molecule has 2 N–H and O–H groups in total.